The van der Waals surface area contributed by atoms with Gasteiger partial charge in [0.15, 0.2) is 10.3 Å². The molecule has 1 aliphatic rings. The molecule has 1 fully saturated rings. The van der Waals surface area contributed by atoms with Crippen molar-refractivity contribution in [1.82, 2.24) is 9.97 Å². The van der Waals surface area contributed by atoms with Crippen molar-refractivity contribution in [3.63, 3.8) is 0 Å². The van der Waals surface area contributed by atoms with E-state index in [4.69, 9.17) is 0 Å². The summed E-state index contributed by atoms with van der Waals surface area (Å²) in [6.45, 7) is 5.92. The van der Waals surface area contributed by atoms with Crippen molar-refractivity contribution >= 4 is 44.8 Å². The van der Waals surface area contributed by atoms with Gasteiger partial charge in [0.05, 0.1) is 5.41 Å². The molecule has 0 aliphatic heterocycles. The number of hydrogen-bond donors (Lipinski definition) is 2. The van der Waals surface area contributed by atoms with E-state index < -0.39 is 10.8 Å². The summed E-state index contributed by atoms with van der Waals surface area (Å²) in [7, 11) is 0. The summed E-state index contributed by atoms with van der Waals surface area (Å²) in [5.74, 6) is -0.388. The molecule has 2 atom stereocenters. The lowest BCUT2D eigenvalue weighted by Gasteiger charge is -2.39. The highest BCUT2D eigenvalue weighted by atomic mass is 32.1. The third kappa shape index (κ3) is 2.84. The SMILES string of the molecule is CC1(C)[C@@H](C(=O)Nc2nccs2)CC[C@@]1(C)C(=O)Nc1nccs1. The van der Waals surface area contributed by atoms with Crippen molar-refractivity contribution < 1.29 is 9.59 Å². The van der Waals surface area contributed by atoms with Gasteiger partial charge in [0.1, 0.15) is 0 Å². The van der Waals surface area contributed by atoms with Crippen LogP contribution in [-0.4, -0.2) is 21.8 Å². The maximum atomic E-state index is 12.8. The zero-order valence-corrected chi connectivity index (χ0v) is 15.5. The lowest BCUT2D eigenvalue weighted by Crippen LogP contribution is -2.46. The fraction of sp³-hybridized carbons (Fsp3) is 0.500. The second-order valence-corrected chi connectivity index (χ2v) is 8.55. The van der Waals surface area contributed by atoms with Crippen LogP contribution in [0.5, 0.6) is 0 Å². The van der Waals surface area contributed by atoms with E-state index in [1.54, 1.807) is 12.4 Å². The Morgan fingerprint density at radius 1 is 1.08 bits per heavy atom. The molecule has 8 heteroatoms. The maximum Gasteiger partial charge on any atom is 0.232 e. The molecule has 0 bridgehead atoms. The highest BCUT2D eigenvalue weighted by Gasteiger charge is 2.58. The molecule has 0 saturated heterocycles. The number of carbonyl (C=O) groups excluding carboxylic acids is 2. The molecule has 6 nitrogen and oxygen atoms in total. The van der Waals surface area contributed by atoms with Crippen LogP contribution in [0.4, 0.5) is 10.3 Å². The Morgan fingerprint density at radius 3 is 2.21 bits per heavy atom. The third-order valence-electron chi connectivity index (χ3n) is 5.36. The molecule has 3 rings (SSSR count). The van der Waals surface area contributed by atoms with E-state index in [9.17, 15) is 9.59 Å². The van der Waals surface area contributed by atoms with Gasteiger partial charge in [-0.05, 0) is 18.3 Å². The van der Waals surface area contributed by atoms with Gasteiger partial charge in [-0.25, -0.2) is 9.97 Å². The molecule has 2 N–H and O–H groups in total. The monoisotopic (exact) mass is 364 g/mol. The van der Waals surface area contributed by atoms with Crippen LogP contribution in [0.25, 0.3) is 0 Å². The van der Waals surface area contributed by atoms with Gasteiger partial charge in [-0.2, -0.15) is 0 Å². The zero-order chi connectivity index (χ0) is 17.4. The van der Waals surface area contributed by atoms with E-state index in [-0.39, 0.29) is 17.7 Å². The fourth-order valence-corrected chi connectivity index (χ4v) is 4.42. The Morgan fingerprint density at radius 2 is 1.67 bits per heavy atom. The number of anilines is 2. The first-order valence-corrected chi connectivity index (χ1v) is 9.52. The lowest BCUT2D eigenvalue weighted by molar-refractivity contribution is -0.133. The minimum Gasteiger partial charge on any atom is -0.302 e. The Bertz CT molecular complexity index is 727. The zero-order valence-electron chi connectivity index (χ0n) is 13.8. The average Bonchev–Trinajstić information content (AvgIpc) is 3.23. The van der Waals surface area contributed by atoms with Crippen LogP contribution in [0.15, 0.2) is 23.2 Å². The van der Waals surface area contributed by atoms with Crippen LogP contribution in [0.3, 0.4) is 0 Å². The van der Waals surface area contributed by atoms with Crippen LogP contribution in [0.2, 0.25) is 0 Å². The minimum atomic E-state index is -0.635. The van der Waals surface area contributed by atoms with Crippen molar-refractivity contribution in [2.45, 2.75) is 33.6 Å². The molecule has 2 aromatic rings. The number of amides is 2. The number of thiazole rings is 2. The summed E-state index contributed by atoms with van der Waals surface area (Å²) < 4.78 is 0. The normalized spacial score (nSPS) is 25.4. The number of nitrogens with zero attached hydrogens (tertiary/aromatic N) is 2. The molecular weight excluding hydrogens is 344 g/mol. The lowest BCUT2D eigenvalue weighted by atomic mass is 9.65. The van der Waals surface area contributed by atoms with Crippen LogP contribution in [0, 0.1) is 16.7 Å². The summed E-state index contributed by atoms with van der Waals surface area (Å²) in [6, 6.07) is 0. The van der Waals surface area contributed by atoms with Gasteiger partial charge in [-0.1, -0.05) is 20.8 Å². The number of hydrogen-bond acceptors (Lipinski definition) is 6. The van der Waals surface area contributed by atoms with Gasteiger partial charge in [0.25, 0.3) is 0 Å². The Balaban J connectivity index is 1.76. The first-order valence-electron chi connectivity index (χ1n) is 7.76. The summed E-state index contributed by atoms with van der Waals surface area (Å²) in [5.41, 5.74) is -1.11. The molecular formula is C16H20N4O2S2. The van der Waals surface area contributed by atoms with Gasteiger partial charge in [-0.3, -0.25) is 9.59 Å². The van der Waals surface area contributed by atoms with E-state index in [0.717, 1.165) is 0 Å². The van der Waals surface area contributed by atoms with Crippen LogP contribution in [0.1, 0.15) is 33.6 Å². The Hall–Kier alpha value is -1.80. The largest absolute Gasteiger partial charge is 0.302 e. The Labute approximate surface area is 148 Å². The molecule has 0 spiro atoms. The van der Waals surface area contributed by atoms with Crippen molar-refractivity contribution in [3.05, 3.63) is 23.2 Å². The molecule has 2 amide bonds. The summed E-state index contributed by atoms with van der Waals surface area (Å²) >= 11 is 2.78. The first-order chi connectivity index (χ1) is 11.3. The minimum absolute atomic E-state index is 0.0688. The molecule has 2 aromatic heterocycles. The van der Waals surface area contributed by atoms with E-state index in [0.29, 0.717) is 23.1 Å². The second-order valence-electron chi connectivity index (χ2n) is 6.76. The predicted octanol–water partition coefficient (Wildman–Crippen LogP) is 3.62. The molecule has 128 valence electrons. The van der Waals surface area contributed by atoms with Crippen molar-refractivity contribution in [2.24, 2.45) is 16.7 Å². The molecule has 0 unspecified atom stereocenters. The molecule has 1 saturated carbocycles. The van der Waals surface area contributed by atoms with E-state index >= 15 is 0 Å². The number of aromatic nitrogens is 2. The molecule has 0 radical (unpaired) electrons. The van der Waals surface area contributed by atoms with E-state index in [1.165, 1.54) is 22.7 Å². The van der Waals surface area contributed by atoms with Gasteiger partial charge >= 0.3 is 0 Å². The average molecular weight is 364 g/mol. The van der Waals surface area contributed by atoms with Gasteiger partial charge in [0.2, 0.25) is 11.8 Å². The standard InChI is InChI=1S/C16H20N4O2S2/c1-15(2)10(11(21)19-13-17-6-8-23-13)4-5-16(15,3)12(22)20-14-18-7-9-24-14/h6-10H,4-5H2,1-3H3,(H,17,19,21)(H,18,20,22)/t10-,16+/m1/s1. The predicted molar refractivity (Wildman–Crippen MR) is 96.1 cm³/mol. The highest BCUT2D eigenvalue weighted by molar-refractivity contribution is 7.14. The molecule has 24 heavy (non-hydrogen) atoms. The number of nitrogens with one attached hydrogen (secondary N) is 2. The van der Waals surface area contributed by atoms with Gasteiger partial charge in [0, 0.05) is 29.1 Å². The van der Waals surface area contributed by atoms with E-state index in [1.807, 2.05) is 31.5 Å². The first kappa shape index (κ1) is 17.0. The van der Waals surface area contributed by atoms with Gasteiger partial charge < -0.3 is 10.6 Å². The summed E-state index contributed by atoms with van der Waals surface area (Å²) in [6.07, 6.45) is 4.65. The number of carbonyl (C=O) groups is 2. The highest BCUT2D eigenvalue weighted by Crippen LogP contribution is 2.56. The van der Waals surface area contributed by atoms with Crippen molar-refractivity contribution in [3.8, 4) is 0 Å². The fourth-order valence-electron chi connectivity index (χ4n) is 3.36. The maximum absolute atomic E-state index is 12.8. The molecule has 0 aromatic carbocycles. The third-order valence-corrected chi connectivity index (χ3v) is 6.74. The van der Waals surface area contributed by atoms with Crippen molar-refractivity contribution in [2.75, 3.05) is 10.6 Å². The summed E-state index contributed by atoms with van der Waals surface area (Å²) in [4.78, 5) is 33.7. The molecule has 2 heterocycles. The topological polar surface area (TPSA) is 84.0 Å². The van der Waals surface area contributed by atoms with Crippen LogP contribution in [-0.2, 0) is 9.59 Å². The quantitative estimate of drug-likeness (QED) is 0.868. The second kappa shape index (κ2) is 6.25. The number of rotatable bonds is 4. The van der Waals surface area contributed by atoms with Crippen LogP contribution >= 0.6 is 22.7 Å². The molecule has 1 aliphatic carbocycles. The van der Waals surface area contributed by atoms with E-state index in [2.05, 4.69) is 20.6 Å². The van der Waals surface area contributed by atoms with Crippen molar-refractivity contribution in [1.29, 1.82) is 0 Å². The summed E-state index contributed by atoms with van der Waals surface area (Å²) in [5, 5.41) is 10.6. The smallest absolute Gasteiger partial charge is 0.232 e. The Kier molecular flexibility index (Phi) is 4.44. The van der Waals surface area contributed by atoms with Gasteiger partial charge in [-0.15, -0.1) is 22.7 Å². The van der Waals surface area contributed by atoms with Crippen LogP contribution < -0.4 is 10.6 Å².